The summed E-state index contributed by atoms with van der Waals surface area (Å²) in [7, 11) is 0. The molecule has 2 N–H and O–H groups in total. The molecular weight excluding hydrogens is 196 g/mol. The van der Waals surface area contributed by atoms with E-state index in [1.807, 2.05) is 0 Å². The molecule has 1 aliphatic rings. The summed E-state index contributed by atoms with van der Waals surface area (Å²) in [6, 6.07) is -0.307. The summed E-state index contributed by atoms with van der Waals surface area (Å²) in [4.78, 5) is 23.7. The minimum absolute atomic E-state index is 0.00926. The van der Waals surface area contributed by atoms with Gasteiger partial charge in [-0.05, 0) is 33.2 Å². The number of hydrogen-bond donors (Lipinski definition) is 2. The number of nitrogens with one attached hydrogen (secondary N) is 1. The van der Waals surface area contributed by atoms with E-state index in [9.17, 15) is 9.59 Å². The highest BCUT2D eigenvalue weighted by Gasteiger charge is 2.26. The number of amides is 1. The van der Waals surface area contributed by atoms with E-state index in [1.165, 1.54) is 4.90 Å². The molecule has 86 valence electrons. The smallest absolute Gasteiger partial charge is 0.407 e. The van der Waals surface area contributed by atoms with Gasteiger partial charge in [-0.3, -0.25) is 9.69 Å². The van der Waals surface area contributed by atoms with Gasteiger partial charge in [0.2, 0.25) is 0 Å². The van der Waals surface area contributed by atoms with Gasteiger partial charge in [-0.25, -0.2) is 4.79 Å². The first-order valence-electron chi connectivity index (χ1n) is 5.28. The molecule has 0 saturated carbocycles. The Labute approximate surface area is 89.4 Å². The second-order valence-electron chi connectivity index (χ2n) is 4.12. The predicted octanol–water partition coefficient (Wildman–Crippen LogP) is 0.696. The lowest BCUT2D eigenvalue weighted by Gasteiger charge is -2.23. The van der Waals surface area contributed by atoms with Crippen LogP contribution < -0.4 is 5.32 Å². The van der Waals surface area contributed by atoms with Crippen molar-refractivity contribution in [3.05, 3.63) is 0 Å². The quantitative estimate of drug-likeness (QED) is 0.722. The normalized spacial score (nSPS) is 20.6. The predicted molar refractivity (Wildman–Crippen MR) is 55.9 cm³/mol. The third kappa shape index (κ3) is 3.20. The first-order chi connectivity index (χ1) is 7.02. The molecule has 0 aromatic heterocycles. The number of rotatable bonds is 4. The summed E-state index contributed by atoms with van der Waals surface area (Å²) >= 11 is 0. The minimum Gasteiger partial charge on any atom is -0.465 e. The number of nitrogens with zero attached hydrogens (tertiary/aromatic N) is 1. The van der Waals surface area contributed by atoms with Gasteiger partial charge in [0.05, 0.1) is 12.6 Å². The lowest BCUT2D eigenvalue weighted by atomic mass is 10.1. The average Bonchev–Trinajstić information content (AvgIpc) is 2.65. The molecule has 0 aromatic rings. The standard InChI is InChI=1S/C10H18N2O3/c1-7(2)12(10(14)15)6-9(13)8-4-3-5-11-8/h7-8,11H,3-6H2,1-2H3,(H,14,15)/t8-/m0/s1. The summed E-state index contributed by atoms with van der Waals surface area (Å²) in [6.45, 7) is 4.38. The Bertz CT molecular complexity index is 247. The van der Waals surface area contributed by atoms with E-state index in [2.05, 4.69) is 5.32 Å². The molecule has 0 spiro atoms. The molecule has 0 aliphatic carbocycles. The molecule has 1 saturated heterocycles. The zero-order valence-electron chi connectivity index (χ0n) is 9.19. The molecular formula is C10H18N2O3. The highest BCUT2D eigenvalue weighted by atomic mass is 16.4. The van der Waals surface area contributed by atoms with Crippen molar-refractivity contribution in [3.63, 3.8) is 0 Å². The molecule has 1 atom stereocenters. The Kier molecular flexibility index (Phi) is 4.08. The summed E-state index contributed by atoms with van der Waals surface area (Å²) in [5.41, 5.74) is 0. The van der Waals surface area contributed by atoms with Crippen LogP contribution in [0.5, 0.6) is 0 Å². The van der Waals surface area contributed by atoms with Crippen molar-refractivity contribution in [2.24, 2.45) is 0 Å². The Morgan fingerprint density at radius 2 is 2.20 bits per heavy atom. The Morgan fingerprint density at radius 1 is 1.53 bits per heavy atom. The van der Waals surface area contributed by atoms with Gasteiger partial charge in [0, 0.05) is 6.04 Å². The molecule has 5 nitrogen and oxygen atoms in total. The van der Waals surface area contributed by atoms with Crippen molar-refractivity contribution >= 4 is 11.9 Å². The number of Topliss-reactive ketones (excluding diaryl/α,β-unsaturated/α-hetero) is 1. The van der Waals surface area contributed by atoms with Crippen LogP contribution in [0.1, 0.15) is 26.7 Å². The van der Waals surface area contributed by atoms with Gasteiger partial charge in [-0.15, -0.1) is 0 Å². The van der Waals surface area contributed by atoms with E-state index >= 15 is 0 Å². The summed E-state index contributed by atoms with van der Waals surface area (Å²) in [5.74, 6) is -0.0244. The SMILES string of the molecule is CC(C)N(CC(=O)[C@@H]1CCCN1)C(=O)O. The largest absolute Gasteiger partial charge is 0.465 e. The Balaban J connectivity index is 2.50. The molecule has 1 amide bonds. The molecule has 5 heteroatoms. The maximum absolute atomic E-state index is 11.7. The van der Waals surface area contributed by atoms with Crippen LogP contribution in [0.25, 0.3) is 0 Å². The van der Waals surface area contributed by atoms with E-state index < -0.39 is 6.09 Å². The van der Waals surface area contributed by atoms with Crippen LogP contribution in [0, 0.1) is 0 Å². The van der Waals surface area contributed by atoms with E-state index in [4.69, 9.17) is 5.11 Å². The molecule has 0 radical (unpaired) electrons. The van der Waals surface area contributed by atoms with Crippen molar-refractivity contribution < 1.29 is 14.7 Å². The third-order valence-corrected chi connectivity index (χ3v) is 2.64. The number of carbonyl (C=O) groups excluding carboxylic acids is 1. The monoisotopic (exact) mass is 214 g/mol. The van der Waals surface area contributed by atoms with Gasteiger partial charge < -0.3 is 10.4 Å². The molecule has 1 fully saturated rings. The molecule has 0 aromatic carbocycles. The third-order valence-electron chi connectivity index (χ3n) is 2.64. The first-order valence-corrected chi connectivity index (χ1v) is 5.28. The van der Waals surface area contributed by atoms with Crippen LogP contribution in [-0.2, 0) is 4.79 Å². The van der Waals surface area contributed by atoms with Crippen molar-refractivity contribution in [3.8, 4) is 0 Å². The highest BCUT2D eigenvalue weighted by molar-refractivity contribution is 5.88. The first kappa shape index (κ1) is 12.0. The van der Waals surface area contributed by atoms with Gasteiger partial charge in [-0.2, -0.15) is 0 Å². The van der Waals surface area contributed by atoms with E-state index in [-0.39, 0.29) is 24.4 Å². The number of ketones is 1. The van der Waals surface area contributed by atoms with Crippen LogP contribution in [0.15, 0.2) is 0 Å². The van der Waals surface area contributed by atoms with Gasteiger partial charge in [0.1, 0.15) is 0 Å². The number of carbonyl (C=O) groups is 2. The average molecular weight is 214 g/mol. The molecule has 0 unspecified atom stereocenters. The molecule has 1 heterocycles. The van der Waals surface area contributed by atoms with Gasteiger partial charge in [0.15, 0.2) is 5.78 Å². The molecule has 15 heavy (non-hydrogen) atoms. The van der Waals surface area contributed by atoms with E-state index in [0.717, 1.165) is 19.4 Å². The fourth-order valence-electron chi connectivity index (χ4n) is 1.71. The van der Waals surface area contributed by atoms with Gasteiger partial charge >= 0.3 is 6.09 Å². The van der Waals surface area contributed by atoms with Gasteiger partial charge in [-0.1, -0.05) is 0 Å². The van der Waals surface area contributed by atoms with Crippen LogP contribution in [-0.4, -0.2) is 47.1 Å². The summed E-state index contributed by atoms with van der Waals surface area (Å²) in [6.07, 6.45) is 0.784. The van der Waals surface area contributed by atoms with Crippen LogP contribution in [0.3, 0.4) is 0 Å². The van der Waals surface area contributed by atoms with Crippen molar-refractivity contribution in [1.29, 1.82) is 0 Å². The fourth-order valence-corrected chi connectivity index (χ4v) is 1.71. The zero-order valence-corrected chi connectivity index (χ0v) is 9.19. The second kappa shape index (κ2) is 5.11. The molecule has 0 bridgehead atoms. The van der Waals surface area contributed by atoms with Crippen molar-refractivity contribution in [1.82, 2.24) is 10.2 Å². The summed E-state index contributed by atoms with van der Waals surface area (Å²) < 4.78 is 0. The number of hydrogen-bond acceptors (Lipinski definition) is 3. The van der Waals surface area contributed by atoms with Crippen LogP contribution in [0.4, 0.5) is 4.79 Å². The van der Waals surface area contributed by atoms with Crippen molar-refractivity contribution in [2.45, 2.75) is 38.8 Å². The second-order valence-corrected chi connectivity index (χ2v) is 4.12. The highest BCUT2D eigenvalue weighted by Crippen LogP contribution is 2.08. The Morgan fingerprint density at radius 3 is 2.60 bits per heavy atom. The summed E-state index contributed by atoms with van der Waals surface area (Å²) in [5, 5.41) is 12.0. The van der Waals surface area contributed by atoms with Crippen LogP contribution >= 0.6 is 0 Å². The fraction of sp³-hybridized carbons (Fsp3) is 0.800. The Hall–Kier alpha value is -1.10. The van der Waals surface area contributed by atoms with Crippen LogP contribution in [0.2, 0.25) is 0 Å². The lowest BCUT2D eigenvalue weighted by molar-refractivity contribution is -0.121. The van der Waals surface area contributed by atoms with Gasteiger partial charge in [0.25, 0.3) is 0 Å². The maximum atomic E-state index is 11.7. The van der Waals surface area contributed by atoms with Crippen molar-refractivity contribution in [2.75, 3.05) is 13.1 Å². The zero-order chi connectivity index (χ0) is 11.4. The van der Waals surface area contributed by atoms with E-state index in [1.54, 1.807) is 13.8 Å². The minimum atomic E-state index is -1.03. The molecule has 1 rings (SSSR count). The van der Waals surface area contributed by atoms with E-state index in [0.29, 0.717) is 0 Å². The lowest BCUT2D eigenvalue weighted by Crippen LogP contribution is -2.44. The topological polar surface area (TPSA) is 69.6 Å². The molecule has 1 aliphatic heterocycles. The maximum Gasteiger partial charge on any atom is 0.407 e. The number of carboxylic acid groups (broad SMARTS) is 1.